The fraction of sp³-hybridized carbons (Fsp3) is 0.250. The third-order valence-corrected chi connectivity index (χ3v) is 2.46. The van der Waals surface area contributed by atoms with Crippen LogP contribution in [0.1, 0.15) is 5.56 Å². The van der Waals surface area contributed by atoms with Gasteiger partial charge in [-0.15, -0.1) is 0 Å². The van der Waals surface area contributed by atoms with Crippen LogP contribution < -0.4 is 10.6 Å². The molecule has 2 N–H and O–H groups in total. The number of hydrogen-bond donors (Lipinski definition) is 1. The Labute approximate surface area is 89.5 Å². The van der Waals surface area contributed by atoms with Crippen LogP contribution >= 0.6 is 0 Å². The number of hydrogen-bond acceptors (Lipinski definition) is 3. The van der Waals surface area contributed by atoms with Crippen molar-refractivity contribution < 1.29 is 0 Å². The van der Waals surface area contributed by atoms with Crippen LogP contribution in [0, 0.1) is 0 Å². The van der Waals surface area contributed by atoms with Gasteiger partial charge in [0.15, 0.2) is 0 Å². The fourth-order valence-corrected chi connectivity index (χ4v) is 1.66. The van der Waals surface area contributed by atoms with Crippen molar-refractivity contribution in [2.24, 2.45) is 5.73 Å². The molecule has 15 heavy (non-hydrogen) atoms. The topological polar surface area (TPSA) is 42.1 Å². The van der Waals surface area contributed by atoms with Crippen LogP contribution in [0.2, 0.25) is 0 Å². The van der Waals surface area contributed by atoms with Gasteiger partial charge in [0.1, 0.15) is 0 Å². The highest BCUT2D eigenvalue weighted by molar-refractivity contribution is 5.90. The second-order valence-electron chi connectivity index (χ2n) is 3.79. The number of aromatic nitrogens is 1. The van der Waals surface area contributed by atoms with Crippen molar-refractivity contribution in [3.8, 4) is 0 Å². The normalized spacial score (nSPS) is 10.6. The molecule has 0 spiro atoms. The summed E-state index contributed by atoms with van der Waals surface area (Å²) in [5, 5.41) is 1.14. The van der Waals surface area contributed by atoms with Gasteiger partial charge < -0.3 is 10.6 Å². The Bertz CT molecular complexity index is 477. The maximum atomic E-state index is 5.59. The van der Waals surface area contributed by atoms with Crippen LogP contribution in [-0.4, -0.2) is 19.1 Å². The van der Waals surface area contributed by atoms with Crippen molar-refractivity contribution in [3.05, 3.63) is 36.0 Å². The van der Waals surface area contributed by atoms with E-state index in [1.165, 1.54) is 0 Å². The molecule has 0 aliphatic carbocycles. The fourth-order valence-electron chi connectivity index (χ4n) is 1.66. The molecular formula is C12H15N3. The molecule has 2 aromatic rings. The van der Waals surface area contributed by atoms with Crippen LogP contribution in [0.4, 0.5) is 5.69 Å². The van der Waals surface area contributed by atoms with E-state index in [0.29, 0.717) is 6.54 Å². The van der Waals surface area contributed by atoms with Crippen LogP contribution in [-0.2, 0) is 6.54 Å². The summed E-state index contributed by atoms with van der Waals surface area (Å²) >= 11 is 0. The monoisotopic (exact) mass is 201 g/mol. The summed E-state index contributed by atoms with van der Waals surface area (Å²) in [6, 6.07) is 8.26. The summed E-state index contributed by atoms with van der Waals surface area (Å²) in [7, 11) is 4.04. The maximum absolute atomic E-state index is 5.59. The number of fused-ring (bicyclic) bond motifs is 1. The van der Waals surface area contributed by atoms with Crippen molar-refractivity contribution in [2.45, 2.75) is 6.54 Å². The van der Waals surface area contributed by atoms with E-state index in [1.807, 2.05) is 26.4 Å². The molecule has 1 heterocycles. The number of pyridine rings is 1. The summed E-state index contributed by atoms with van der Waals surface area (Å²) in [6.45, 7) is 0.537. The predicted molar refractivity (Wildman–Crippen MR) is 64.0 cm³/mol. The summed E-state index contributed by atoms with van der Waals surface area (Å²) in [6.07, 6.45) is 1.84. The van der Waals surface area contributed by atoms with E-state index in [9.17, 15) is 0 Å². The highest BCUT2D eigenvalue weighted by Gasteiger charge is 2.03. The third-order valence-electron chi connectivity index (χ3n) is 2.46. The molecule has 0 saturated heterocycles. The molecule has 0 atom stereocenters. The maximum Gasteiger partial charge on any atom is 0.0935 e. The Balaban J connectivity index is 2.67. The van der Waals surface area contributed by atoms with Crippen LogP contribution in [0.5, 0.6) is 0 Å². The van der Waals surface area contributed by atoms with Crippen molar-refractivity contribution in [2.75, 3.05) is 19.0 Å². The Morgan fingerprint density at radius 3 is 2.80 bits per heavy atom. The number of benzene rings is 1. The molecule has 3 heteroatoms. The van der Waals surface area contributed by atoms with Gasteiger partial charge in [-0.05, 0) is 17.7 Å². The molecule has 0 aliphatic heterocycles. The predicted octanol–water partition coefficient (Wildman–Crippen LogP) is 1.76. The second-order valence-corrected chi connectivity index (χ2v) is 3.79. The molecule has 0 saturated carbocycles. The number of anilines is 1. The Morgan fingerprint density at radius 2 is 2.13 bits per heavy atom. The van der Waals surface area contributed by atoms with Gasteiger partial charge in [0.05, 0.1) is 11.2 Å². The minimum absolute atomic E-state index is 0.537. The highest BCUT2D eigenvalue weighted by atomic mass is 15.1. The van der Waals surface area contributed by atoms with Gasteiger partial charge in [-0.2, -0.15) is 0 Å². The number of para-hydroxylation sites is 1. The summed E-state index contributed by atoms with van der Waals surface area (Å²) in [5.74, 6) is 0. The molecule has 0 aliphatic rings. The molecule has 0 amide bonds. The molecule has 1 aromatic heterocycles. The number of rotatable bonds is 2. The zero-order valence-corrected chi connectivity index (χ0v) is 9.07. The molecule has 78 valence electrons. The van der Waals surface area contributed by atoms with Gasteiger partial charge in [-0.1, -0.05) is 12.1 Å². The molecule has 1 aromatic carbocycles. The van der Waals surface area contributed by atoms with Crippen LogP contribution in [0.3, 0.4) is 0 Å². The van der Waals surface area contributed by atoms with Crippen molar-refractivity contribution >= 4 is 16.6 Å². The Hall–Kier alpha value is -1.61. The lowest BCUT2D eigenvalue weighted by molar-refractivity contribution is 1.06. The van der Waals surface area contributed by atoms with E-state index in [-0.39, 0.29) is 0 Å². The van der Waals surface area contributed by atoms with Gasteiger partial charge in [-0.25, -0.2) is 0 Å². The first-order valence-electron chi connectivity index (χ1n) is 4.97. The smallest absolute Gasteiger partial charge is 0.0935 e. The lowest BCUT2D eigenvalue weighted by atomic mass is 10.1. The zero-order chi connectivity index (χ0) is 10.8. The zero-order valence-electron chi connectivity index (χ0n) is 9.07. The Morgan fingerprint density at radius 1 is 1.33 bits per heavy atom. The molecule has 3 nitrogen and oxygen atoms in total. The Kier molecular flexibility index (Phi) is 2.56. The molecule has 2 rings (SSSR count). The van der Waals surface area contributed by atoms with E-state index in [4.69, 9.17) is 5.73 Å². The minimum atomic E-state index is 0.537. The van der Waals surface area contributed by atoms with E-state index in [2.05, 4.69) is 28.1 Å². The SMILES string of the molecule is CN(C)c1cccc2cc(CN)cnc12. The van der Waals surface area contributed by atoms with E-state index in [1.54, 1.807) is 0 Å². The standard InChI is InChI=1S/C12H15N3/c1-15(2)11-5-3-4-10-6-9(7-13)8-14-12(10)11/h3-6,8H,7,13H2,1-2H3. The van der Waals surface area contributed by atoms with Gasteiger partial charge in [-0.3, -0.25) is 4.98 Å². The number of nitrogens with zero attached hydrogens (tertiary/aromatic N) is 2. The first kappa shape index (κ1) is 9.93. The van der Waals surface area contributed by atoms with Crippen molar-refractivity contribution in [1.82, 2.24) is 4.98 Å². The summed E-state index contributed by atoms with van der Waals surface area (Å²) < 4.78 is 0. The first-order chi connectivity index (χ1) is 7.22. The lowest BCUT2D eigenvalue weighted by Gasteiger charge is -2.14. The van der Waals surface area contributed by atoms with Gasteiger partial charge in [0, 0.05) is 32.2 Å². The average molecular weight is 201 g/mol. The molecule has 0 fully saturated rings. The van der Waals surface area contributed by atoms with Gasteiger partial charge >= 0.3 is 0 Å². The first-order valence-corrected chi connectivity index (χ1v) is 4.97. The molecule has 0 unspecified atom stereocenters. The highest BCUT2D eigenvalue weighted by Crippen LogP contribution is 2.23. The largest absolute Gasteiger partial charge is 0.376 e. The summed E-state index contributed by atoms with van der Waals surface area (Å²) in [5.41, 5.74) is 8.82. The summed E-state index contributed by atoms with van der Waals surface area (Å²) in [4.78, 5) is 6.52. The van der Waals surface area contributed by atoms with Gasteiger partial charge in [0.2, 0.25) is 0 Å². The van der Waals surface area contributed by atoms with Crippen LogP contribution in [0.15, 0.2) is 30.5 Å². The van der Waals surface area contributed by atoms with Crippen LogP contribution in [0.25, 0.3) is 10.9 Å². The second kappa shape index (κ2) is 3.87. The third kappa shape index (κ3) is 1.78. The molecule has 0 bridgehead atoms. The van der Waals surface area contributed by atoms with Crippen molar-refractivity contribution in [1.29, 1.82) is 0 Å². The van der Waals surface area contributed by atoms with E-state index < -0.39 is 0 Å². The molecule has 0 radical (unpaired) electrons. The van der Waals surface area contributed by atoms with Crippen molar-refractivity contribution in [3.63, 3.8) is 0 Å². The minimum Gasteiger partial charge on any atom is -0.376 e. The van der Waals surface area contributed by atoms with E-state index in [0.717, 1.165) is 22.2 Å². The average Bonchev–Trinajstić information content (AvgIpc) is 2.27. The quantitative estimate of drug-likeness (QED) is 0.805. The lowest BCUT2D eigenvalue weighted by Crippen LogP contribution is -2.09. The molecular weight excluding hydrogens is 186 g/mol. The number of nitrogens with two attached hydrogens (primary N) is 1. The van der Waals surface area contributed by atoms with Gasteiger partial charge in [0.25, 0.3) is 0 Å². The van der Waals surface area contributed by atoms with E-state index >= 15 is 0 Å².